The second-order valence-electron chi connectivity index (χ2n) is 7.36. The maximum absolute atomic E-state index is 13.8. The Balaban J connectivity index is 1.48. The zero-order valence-corrected chi connectivity index (χ0v) is 17.6. The Kier molecular flexibility index (Phi) is 5.22. The third-order valence-corrected chi connectivity index (χ3v) is 6.21. The van der Waals surface area contributed by atoms with E-state index in [2.05, 4.69) is 0 Å². The van der Waals surface area contributed by atoms with Crippen LogP contribution >= 0.6 is 8.81 Å². The monoisotopic (exact) mass is 470 g/mol. The molecule has 0 spiro atoms. The third kappa shape index (κ3) is 3.58. The summed E-state index contributed by atoms with van der Waals surface area (Å²) in [6, 6.07) is 21.2. The lowest BCUT2D eigenvalue weighted by molar-refractivity contribution is 0.0749. The molecule has 2 nitrogen and oxygen atoms in total. The summed E-state index contributed by atoms with van der Waals surface area (Å²) < 4.78 is 72.5. The van der Waals surface area contributed by atoms with E-state index in [4.69, 9.17) is 4.52 Å². The normalized spacial score (nSPS) is 11.8. The second-order valence-corrected chi connectivity index (χ2v) is 8.34. The Hall–Kier alpha value is -3.57. The van der Waals surface area contributed by atoms with Crippen molar-refractivity contribution in [3.63, 3.8) is 0 Å². The fourth-order valence-corrected chi connectivity index (χ4v) is 4.44. The highest BCUT2D eigenvalue weighted by Crippen LogP contribution is 2.31. The fourth-order valence-electron chi connectivity index (χ4n) is 3.76. The molecular formula is C25H12F5O2P. The predicted molar refractivity (Wildman–Crippen MR) is 119 cm³/mol. The SMILES string of the molecule is O=C(OPc1ccc2cc3ccc4ccccc4c3cc2c1)c1c(F)c(F)c(F)c(F)c1F. The molecule has 164 valence electrons. The molecule has 33 heavy (non-hydrogen) atoms. The van der Waals surface area contributed by atoms with Gasteiger partial charge in [0.1, 0.15) is 14.4 Å². The smallest absolute Gasteiger partial charge is 0.347 e. The summed E-state index contributed by atoms with van der Waals surface area (Å²) in [6.07, 6.45) is 0. The average molecular weight is 470 g/mol. The number of hydrogen-bond acceptors (Lipinski definition) is 2. The highest BCUT2D eigenvalue weighted by Gasteiger charge is 2.30. The van der Waals surface area contributed by atoms with E-state index in [1.807, 2.05) is 48.5 Å². The zero-order valence-electron chi connectivity index (χ0n) is 16.6. The Bertz CT molecular complexity index is 1570. The number of carbonyl (C=O) groups is 1. The number of carbonyl (C=O) groups excluding carboxylic acids is 1. The molecule has 0 heterocycles. The average Bonchev–Trinajstić information content (AvgIpc) is 2.83. The van der Waals surface area contributed by atoms with Crippen LogP contribution in [0, 0.1) is 29.1 Å². The van der Waals surface area contributed by atoms with Crippen LogP contribution in [-0.2, 0) is 4.52 Å². The molecule has 0 aliphatic heterocycles. The predicted octanol–water partition coefficient (Wildman–Crippen LogP) is 6.92. The number of fused-ring (bicyclic) bond motifs is 4. The first kappa shape index (κ1) is 21.3. The molecule has 0 saturated heterocycles. The van der Waals surface area contributed by atoms with E-state index in [1.165, 1.54) is 0 Å². The molecule has 8 heteroatoms. The molecule has 0 aliphatic rings. The minimum atomic E-state index is -2.33. The van der Waals surface area contributed by atoms with Crippen molar-refractivity contribution in [2.45, 2.75) is 0 Å². The summed E-state index contributed by atoms with van der Waals surface area (Å²) in [6.45, 7) is 0. The number of halogens is 5. The lowest BCUT2D eigenvalue weighted by Gasteiger charge is -2.10. The number of hydrogen-bond donors (Lipinski definition) is 0. The lowest BCUT2D eigenvalue weighted by Crippen LogP contribution is -2.13. The van der Waals surface area contributed by atoms with E-state index in [0.717, 1.165) is 32.3 Å². The fraction of sp³-hybridized carbons (Fsp3) is 0. The summed E-state index contributed by atoms with van der Waals surface area (Å²) in [5.41, 5.74) is -1.61. The van der Waals surface area contributed by atoms with Gasteiger partial charge < -0.3 is 4.52 Å². The van der Waals surface area contributed by atoms with E-state index in [0.29, 0.717) is 5.30 Å². The molecule has 5 aromatic carbocycles. The van der Waals surface area contributed by atoms with Gasteiger partial charge in [0.25, 0.3) is 0 Å². The first-order valence-corrected chi connectivity index (χ1v) is 10.6. The van der Waals surface area contributed by atoms with E-state index in [-0.39, 0.29) is 0 Å². The molecule has 0 saturated carbocycles. The molecule has 5 aromatic rings. The summed E-state index contributed by atoms with van der Waals surface area (Å²) in [5.74, 6) is -12.8. The summed E-state index contributed by atoms with van der Waals surface area (Å²) >= 11 is 0. The van der Waals surface area contributed by atoms with Crippen molar-refractivity contribution in [2.24, 2.45) is 0 Å². The van der Waals surface area contributed by atoms with E-state index in [9.17, 15) is 26.7 Å². The Morgan fingerprint density at radius 2 is 1.24 bits per heavy atom. The van der Waals surface area contributed by atoms with Gasteiger partial charge in [-0.25, -0.2) is 26.7 Å². The van der Waals surface area contributed by atoms with Crippen LogP contribution in [0.2, 0.25) is 0 Å². The minimum Gasteiger partial charge on any atom is -0.440 e. The van der Waals surface area contributed by atoms with Gasteiger partial charge in [-0.1, -0.05) is 48.5 Å². The van der Waals surface area contributed by atoms with Gasteiger partial charge >= 0.3 is 5.97 Å². The Morgan fingerprint density at radius 3 is 2.00 bits per heavy atom. The van der Waals surface area contributed by atoms with Gasteiger partial charge in [-0.15, -0.1) is 0 Å². The maximum atomic E-state index is 13.8. The van der Waals surface area contributed by atoms with Crippen molar-refractivity contribution in [3.05, 3.63) is 101 Å². The highest BCUT2D eigenvalue weighted by molar-refractivity contribution is 7.42. The summed E-state index contributed by atoms with van der Waals surface area (Å²) in [7, 11) is -0.706. The topological polar surface area (TPSA) is 26.3 Å². The van der Waals surface area contributed by atoms with E-state index in [1.54, 1.807) is 18.2 Å². The van der Waals surface area contributed by atoms with Gasteiger partial charge in [0.05, 0.1) is 0 Å². The van der Waals surface area contributed by atoms with Gasteiger partial charge in [-0.2, -0.15) is 0 Å². The van der Waals surface area contributed by atoms with Gasteiger partial charge in [0.15, 0.2) is 23.3 Å². The van der Waals surface area contributed by atoms with Crippen molar-refractivity contribution in [3.8, 4) is 0 Å². The first-order valence-electron chi connectivity index (χ1n) is 9.69. The summed E-state index contributed by atoms with van der Waals surface area (Å²) in [4.78, 5) is 12.1. The minimum absolute atomic E-state index is 0.513. The molecule has 0 bridgehead atoms. The maximum Gasteiger partial charge on any atom is 0.347 e. The van der Waals surface area contributed by atoms with Crippen molar-refractivity contribution in [1.29, 1.82) is 0 Å². The summed E-state index contributed by atoms with van der Waals surface area (Å²) in [5, 5.41) is 6.52. The van der Waals surface area contributed by atoms with Crippen molar-refractivity contribution < 1.29 is 31.3 Å². The molecule has 1 atom stereocenters. The first-order chi connectivity index (χ1) is 15.8. The molecule has 0 aromatic heterocycles. The molecule has 0 amide bonds. The van der Waals surface area contributed by atoms with E-state index >= 15 is 0 Å². The molecule has 5 rings (SSSR count). The Morgan fingerprint density at radius 1 is 0.606 bits per heavy atom. The van der Waals surface area contributed by atoms with Crippen LogP contribution in [0.15, 0.2) is 66.7 Å². The van der Waals surface area contributed by atoms with Crippen molar-refractivity contribution in [2.75, 3.05) is 0 Å². The van der Waals surface area contributed by atoms with Gasteiger partial charge in [-0.05, 0) is 50.5 Å². The standard InChI is InChI=1S/C25H12F5O2P/c26-20-19(21(27)23(29)24(30)22(20)28)25(31)32-33-16-8-7-13-9-14-6-5-12-3-1-2-4-17(12)18(14)11-15(13)10-16/h1-11,33H. The largest absolute Gasteiger partial charge is 0.440 e. The second kappa shape index (κ2) is 8.09. The van der Waals surface area contributed by atoms with Crippen molar-refractivity contribution in [1.82, 2.24) is 0 Å². The third-order valence-electron chi connectivity index (χ3n) is 5.38. The molecule has 1 unspecified atom stereocenters. The quantitative estimate of drug-likeness (QED) is 0.0715. The zero-order chi connectivity index (χ0) is 23.3. The van der Waals surface area contributed by atoms with Crippen LogP contribution in [0.25, 0.3) is 32.3 Å². The van der Waals surface area contributed by atoms with Crippen LogP contribution in [0.3, 0.4) is 0 Å². The molecule has 0 aliphatic carbocycles. The van der Waals surface area contributed by atoms with Gasteiger partial charge in [-0.3, -0.25) is 0 Å². The highest BCUT2D eigenvalue weighted by atomic mass is 31.1. The molecular weight excluding hydrogens is 458 g/mol. The van der Waals surface area contributed by atoms with Crippen LogP contribution in [0.1, 0.15) is 10.4 Å². The molecule has 0 radical (unpaired) electrons. The lowest BCUT2D eigenvalue weighted by atomic mass is 9.98. The van der Waals surface area contributed by atoms with Gasteiger partial charge in [0.2, 0.25) is 5.82 Å². The van der Waals surface area contributed by atoms with Crippen LogP contribution in [-0.4, -0.2) is 5.97 Å². The van der Waals surface area contributed by atoms with Crippen molar-refractivity contribution >= 4 is 52.4 Å². The number of rotatable bonds is 3. The number of benzene rings is 5. The molecule has 0 N–H and O–H groups in total. The van der Waals surface area contributed by atoms with Crippen LogP contribution in [0.4, 0.5) is 22.0 Å². The Labute approximate surface area is 185 Å². The van der Waals surface area contributed by atoms with Gasteiger partial charge in [0, 0.05) is 5.30 Å². The van der Waals surface area contributed by atoms with E-state index < -0.39 is 49.4 Å². The molecule has 0 fully saturated rings. The van der Waals surface area contributed by atoms with Crippen LogP contribution < -0.4 is 5.30 Å². The van der Waals surface area contributed by atoms with Crippen LogP contribution in [0.5, 0.6) is 0 Å².